The maximum atomic E-state index is 11.5. The highest BCUT2D eigenvalue weighted by atomic mass is 16.6. The number of carbonyl (C=O) groups is 2. The van der Waals surface area contributed by atoms with Crippen molar-refractivity contribution in [3.63, 3.8) is 0 Å². The second kappa shape index (κ2) is 7.99. The molecule has 8 heteroatoms. The number of esters is 1. The van der Waals surface area contributed by atoms with Crippen LogP contribution in [-0.4, -0.2) is 30.8 Å². The van der Waals surface area contributed by atoms with Crippen LogP contribution < -0.4 is 5.32 Å². The van der Waals surface area contributed by atoms with E-state index in [0.29, 0.717) is 0 Å². The topological polar surface area (TPSA) is 113 Å². The summed E-state index contributed by atoms with van der Waals surface area (Å²) in [7, 11) is 0. The minimum Gasteiger partial charge on any atom is -0.463 e. The lowest BCUT2D eigenvalue weighted by molar-refractivity contribution is -0.138. The first kappa shape index (κ1) is 16.8. The summed E-state index contributed by atoms with van der Waals surface area (Å²) in [6.07, 6.45) is 0.318. The van der Waals surface area contributed by atoms with Gasteiger partial charge in [-0.25, -0.2) is 9.59 Å². The van der Waals surface area contributed by atoms with Crippen LogP contribution in [0.25, 0.3) is 10.4 Å². The van der Waals surface area contributed by atoms with E-state index in [4.69, 9.17) is 15.0 Å². The third kappa shape index (κ3) is 8.50. The molecule has 0 saturated carbocycles. The highest BCUT2D eigenvalue weighted by Gasteiger charge is 2.17. The van der Waals surface area contributed by atoms with E-state index in [1.807, 2.05) is 0 Å². The largest absolute Gasteiger partial charge is 0.463 e. The van der Waals surface area contributed by atoms with Gasteiger partial charge in [0.15, 0.2) is 0 Å². The average molecular weight is 270 g/mol. The van der Waals surface area contributed by atoms with Crippen molar-refractivity contribution in [2.24, 2.45) is 5.11 Å². The summed E-state index contributed by atoms with van der Waals surface area (Å²) in [6.45, 7) is 6.83. The fourth-order valence-electron chi connectivity index (χ4n) is 0.971. The molecular weight excluding hydrogens is 252 g/mol. The van der Waals surface area contributed by atoms with Crippen molar-refractivity contribution >= 4 is 12.1 Å². The van der Waals surface area contributed by atoms with Crippen molar-refractivity contribution in [2.75, 3.05) is 13.2 Å². The molecule has 0 atom stereocenters. The Bertz CT molecular complexity index is 405. The van der Waals surface area contributed by atoms with Crippen molar-refractivity contribution in [3.8, 4) is 0 Å². The summed E-state index contributed by atoms with van der Waals surface area (Å²) in [5.74, 6) is -0.661. The molecule has 1 amide bonds. The monoisotopic (exact) mass is 270 g/mol. The molecule has 0 spiro atoms. The minimum absolute atomic E-state index is 0.0329. The van der Waals surface area contributed by atoms with Crippen LogP contribution in [0.1, 0.15) is 27.7 Å². The molecule has 0 saturated heterocycles. The van der Waals surface area contributed by atoms with Crippen LogP contribution in [0, 0.1) is 0 Å². The highest BCUT2D eigenvalue weighted by Crippen LogP contribution is 2.07. The van der Waals surface area contributed by atoms with Gasteiger partial charge in [-0.15, -0.1) is 0 Å². The molecule has 0 heterocycles. The Balaban J connectivity index is 4.55. The van der Waals surface area contributed by atoms with Crippen molar-refractivity contribution in [2.45, 2.75) is 33.3 Å². The lowest BCUT2D eigenvalue weighted by Gasteiger charge is -2.19. The van der Waals surface area contributed by atoms with Crippen LogP contribution >= 0.6 is 0 Å². The number of amides is 1. The van der Waals surface area contributed by atoms with Crippen LogP contribution in [0.5, 0.6) is 0 Å². The highest BCUT2D eigenvalue weighted by molar-refractivity contribution is 5.89. The molecule has 0 aromatic heterocycles. The fourth-order valence-corrected chi connectivity index (χ4v) is 0.971. The number of hydrogen-bond acceptors (Lipinski definition) is 5. The molecule has 0 aromatic rings. The number of nitrogens with one attached hydrogen (secondary N) is 1. The van der Waals surface area contributed by atoms with Gasteiger partial charge in [-0.05, 0) is 33.2 Å². The summed E-state index contributed by atoms with van der Waals surface area (Å²) in [5, 5.41) is 5.53. The average Bonchev–Trinajstić information content (AvgIpc) is 2.27. The first-order valence-electron chi connectivity index (χ1n) is 5.67. The summed E-state index contributed by atoms with van der Waals surface area (Å²) >= 11 is 0. The van der Waals surface area contributed by atoms with E-state index in [2.05, 4.69) is 15.3 Å². The third-order valence-corrected chi connectivity index (χ3v) is 1.62. The quantitative estimate of drug-likeness (QED) is 0.271. The zero-order valence-corrected chi connectivity index (χ0v) is 11.5. The maximum absolute atomic E-state index is 11.5. The SMILES string of the molecule is CCOC(=O)/C(=C\N=[N+]=[N-])CNC(=O)OC(C)(C)C. The second-order valence-corrected chi connectivity index (χ2v) is 4.44. The molecule has 0 bridgehead atoms. The Kier molecular flexibility index (Phi) is 7.06. The van der Waals surface area contributed by atoms with Crippen molar-refractivity contribution < 1.29 is 19.1 Å². The third-order valence-electron chi connectivity index (χ3n) is 1.62. The van der Waals surface area contributed by atoms with E-state index in [1.54, 1.807) is 27.7 Å². The zero-order chi connectivity index (χ0) is 14.9. The first-order valence-corrected chi connectivity index (χ1v) is 5.67. The van der Waals surface area contributed by atoms with Crippen molar-refractivity contribution in [3.05, 3.63) is 22.2 Å². The lowest BCUT2D eigenvalue weighted by Crippen LogP contribution is -2.34. The van der Waals surface area contributed by atoms with E-state index in [-0.39, 0.29) is 18.7 Å². The number of alkyl carbamates (subject to hydrolysis) is 1. The molecule has 106 valence electrons. The van der Waals surface area contributed by atoms with E-state index in [0.717, 1.165) is 6.20 Å². The molecule has 0 aromatic carbocycles. The molecule has 1 N–H and O–H groups in total. The van der Waals surface area contributed by atoms with Gasteiger partial charge in [0.1, 0.15) is 5.60 Å². The van der Waals surface area contributed by atoms with Gasteiger partial charge in [0.25, 0.3) is 0 Å². The van der Waals surface area contributed by atoms with Crippen LogP contribution in [0.3, 0.4) is 0 Å². The number of ether oxygens (including phenoxy) is 2. The summed E-state index contributed by atoms with van der Waals surface area (Å²) in [4.78, 5) is 25.4. The van der Waals surface area contributed by atoms with Gasteiger partial charge in [-0.2, -0.15) is 0 Å². The molecule has 0 radical (unpaired) electrons. The first-order chi connectivity index (χ1) is 8.80. The Morgan fingerprint density at radius 2 is 2.05 bits per heavy atom. The van der Waals surface area contributed by atoms with Crippen LogP contribution in [-0.2, 0) is 14.3 Å². The molecule has 8 nitrogen and oxygen atoms in total. The van der Waals surface area contributed by atoms with Crippen LogP contribution in [0.4, 0.5) is 4.79 Å². The van der Waals surface area contributed by atoms with Gasteiger partial charge in [0, 0.05) is 11.1 Å². The number of carbonyl (C=O) groups excluding carboxylic acids is 2. The van der Waals surface area contributed by atoms with Gasteiger partial charge in [-0.1, -0.05) is 5.11 Å². The summed E-state index contributed by atoms with van der Waals surface area (Å²) in [5.41, 5.74) is 7.60. The Hall–Kier alpha value is -2.21. The van der Waals surface area contributed by atoms with Crippen molar-refractivity contribution in [1.29, 1.82) is 0 Å². The zero-order valence-electron chi connectivity index (χ0n) is 11.5. The smallest absolute Gasteiger partial charge is 0.407 e. The van der Waals surface area contributed by atoms with Crippen LogP contribution in [0.2, 0.25) is 0 Å². The summed E-state index contributed by atoms with van der Waals surface area (Å²) in [6, 6.07) is 0. The predicted octanol–water partition coefficient (Wildman–Crippen LogP) is 2.27. The fraction of sp³-hybridized carbons (Fsp3) is 0.636. The van der Waals surface area contributed by atoms with Gasteiger partial charge in [0.05, 0.1) is 18.7 Å². The molecule has 0 fully saturated rings. The van der Waals surface area contributed by atoms with E-state index < -0.39 is 17.7 Å². The molecule has 0 aliphatic heterocycles. The van der Waals surface area contributed by atoms with Gasteiger partial charge in [-0.3, -0.25) is 0 Å². The van der Waals surface area contributed by atoms with Crippen molar-refractivity contribution in [1.82, 2.24) is 5.32 Å². The summed E-state index contributed by atoms with van der Waals surface area (Å²) < 4.78 is 9.75. The second-order valence-electron chi connectivity index (χ2n) is 4.44. The molecule has 0 aliphatic rings. The Morgan fingerprint density at radius 1 is 1.42 bits per heavy atom. The van der Waals surface area contributed by atoms with Gasteiger partial charge < -0.3 is 14.8 Å². The van der Waals surface area contributed by atoms with E-state index in [9.17, 15) is 9.59 Å². The molecule has 0 rings (SSSR count). The molecule has 0 unspecified atom stereocenters. The number of hydrogen-bond donors (Lipinski definition) is 1. The molecular formula is C11H18N4O4. The predicted molar refractivity (Wildman–Crippen MR) is 68.1 cm³/mol. The minimum atomic E-state index is -0.677. The molecule has 0 aliphatic carbocycles. The normalized spacial score (nSPS) is 11.3. The van der Waals surface area contributed by atoms with E-state index >= 15 is 0 Å². The maximum Gasteiger partial charge on any atom is 0.407 e. The standard InChI is InChI=1S/C11H18N4O4/c1-5-18-9(16)8(7-14-15-12)6-13-10(17)19-11(2,3)4/h7H,5-6H2,1-4H3,(H,13,17)/b8-7-. The lowest BCUT2D eigenvalue weighted by atomic mass is 10.2. The Morgan fingerprint density at radius 3 is 2.53 bits per heavy atom. The van der Waals surface area contributed by atoms with Gasteiger partial charge >= 0.3 is 12.1 Å². The Labute approximate surface area is 111 Å². The molecule has 19 heavy (non-hydrogen) atoms. The van der Waals surface area contributed by atoms with Crippen LogP contribution in [0.15, 0.2) is 16.9 Å². The number of azide groups is 1. The van der Waals surface area contributed by atoms with E-state index in [1.165, 1.54) is 0 Å². The van der Waals surface area contributed by atoms with Gasteiger partial charge in [0.2, 0.25) is 0 Å². The number of rotatable bonds is 5. The number of nitrogens with zero attached hydrogens (tertiary/aromatic N) is 3.